The zero-order chi connectivity index (χ0) is 15.0. The first-order valence-electron chi connectivity index (χ1n) is 7.49. The van der Waals surface area contributed by atoms with Crippen LogP contribution in [0, 0.1) is 29.1 Å². The highest BCUT2D eigenvalue weighted by Gasteiger charge is 2.52. The smallest absolute Gasteiger partial charge is 0.233 e. The van der Waals surface area contributed by atoms with Gasteiger partial charge in [0.15, 0.2) is 0 Å². The van der Waals surface area contributed by atoms with Crippen LogP contribution in [-0.2, 0) is 16.1 Å². The Morgan fingerprint density at radius 3 is 2.38 bits per heavy atom. The molecule has 1 aliphatic heterocycles. The van der Waals surface area contributed by atoms with Crippen molar-refractivity contribution >= 4 is 11.8 Å². The molecule has 0 spiro atoms. The molecule has 1 aromatic rings. The third-order valence-electron chi connectivity index (χ3n) is 4.87. The number of benzene rings is 1. The number of likely N-dealkylation sites (tertiary alicyclic amines) is 1. The van der Waals surface area contributed by atoms with Crippen LogP contribution in [0.3, 0.4) is 0 Å². The molecular formula is C17H18N2O2. The summed E-state index contributed by atoms with van der Waals surface area (Å²) in [5.41, 5.74) is 1.27. The lowest BCUT2D eigenvalue weighted by Crippen LogP contribution is -2.32. The number of carbonyl (C=O) groups is 2. The molecule has 2 amide bonds. The predicted molar refractivity (Wildman–Crippen MR) is 76.7 cm³/mol. The molecule has 2 unspecified atom stereocenters. The fraction of sp³-hybridized carbons (Fsp3) is 0.471. The lowest BCUT2D eigenvalue weighted by atomic mass is 10.00. The summed E-state index contributed by atoms with van der Waals surface area (Å²) in [6.45, 7) is 2.34. The Bertz CT molecular complexity index is 608. The molecule has 0 bridgehead atoms. The minimum Gasteiger partial charge on any atom is -0.278 e. The predicted octanol–water partition coefficient (Wildman–Crippen LogP) is 2.48. The maximum atomic E-state index is 12.5. The van der Waals surface area contributed by atoms with Gasteiger partial charge in [0.05, 0.1) is 30.0 Å². The molecule has 0 radical (unpaired) electrons. The number of nitrogens with zero attached hydrogens (tertiary/aromatic N) is 2. The van der Waals surface area contributed by atoms with E-state index in [1.165, 1.54) is 4.90 Å². The van der Waals surface area contributed by atoms with Crippen LogP contribution in [0.25, 0.3) is 0 Å². The van der Waals surface area contributed by atoms with E-state index < -0.39 is 0 Å². The first-order chi connectivity index (χ1) is 10.2. The Balaban J connectivity index is 1.81. The van der Waals surface area contributed by atoms with E-state index in [1.807, 2.05) is 12.1 Å². The van der Waals surface area contributed by atoms with E-state index in [1.54, 1.807) is 12.1 Å². The van der Waals surface area contributed by atoms with E-state index in [0.29, 0.717) is 11.5 Å². The lowest BCUT2D eigenvalue weighted by Gasteiger charge is -2.18. The van der Waals surface area contributed by atoms with Crippen molar-refractivity contribution in [2.45, 2.75) is 32.7 Å². The van der Waals surface area contributed by atoms with Crippen molar-refractivity contribution in [1.82, 2.24) is 4.90 Å². The molecular weight excluding hydrogens is 264 g/mol. The van der Waals surface area contributed by atoms with Gasteiger partial charge in [0, 0.05) is 0 Å². The highest BCUT2D eigenvalue weighted by molar-refractivity contribution is 6.05. The van der Waals surface area contributed by atoms with E-state index in [2.05, 4.69) is 13.0 Å². The van der Waals surface area contributed by atoms with Crippen LogP contribution >= 0.6 is 0 Å². The minimum atomic E-state index is -0.128. The average molecular weight is 282 g/mol. The van der Waals surface area contributed by atoms with Crippen molar-refractivity contribution in [3.63, 3.8) is 0 Å². The van der Waals surface area contributed by atoms with Gasteiger partial charge < -0.3 is 0 Å². The van der Waals surface area contributed by atoms with Crippen molar-refractivity contribution in [2.24, 2.45) is 17.8 Å². The number of hydrogen-bond acceptors (Lipinski definition) is 3. The highest BCUT2D eigenvalue weighted by atomic mass is 16.2. The molecule has 0 N–H and O–H groups in total. The molecule has 2 aliphatic rings. The summed E-state index contributed by atoms with van der Waals surface area (Å²) in [7, 11) is 0. The summed E-state index contributed by atoms with van der Waals surface area (Å²) in [5, 5.41) is 9.11. The van der Waals surface area contributed by atoms with Crippen LogP contribution in [0.1, 0.15) is 37.3 Å². The van der Waals surface area contributed by atoms with Gasteiger partial charge in [-0.2, -0.15) is 5.26 Å². The van der Waals surface area contributed by atoms with Gasteiger partial charge in [-0.1, -0.05) is 31.5 Å². The first-order valence-corrected chi connectivity index (χ1v) is 7.49. The first kappa shape index (κ1) is 13.8. The monoisotopic (exact) mass is 282 g/mol. The number of imide groups is 1. The second-order valence-corrected chi connectivity index (χ2v) is 5.99. The molecule has 1 saturated carbocycles. The van der Waals surface area contributed by atoms with E-state index in [-0.39, 0.29) is 30.2 Å². The van der Waals surface area contributed by atoms with E-state index in [9.17, 15) is 9.59 Å². The van der Waals surface area contributed by atoms with Crippen molar-refractivity contribution < 1.29 is 9.59 Å². The number of carbonyl (C=O) groups excluding carboxylic acids is 2. The second kappa shape index (κ2) is 5.33. The molecule has 2 atom stereocenters. The van der Waals surface area contributed by atoms with Crippen molar-refractivity contribution in [1.29, 1.82) is 5.26 Å². The van der Waals surface area contributed by atoms with Gasteiger partial charge in [0.2, 0.25) is 11.8 Å². The molecule has 2 fully saturated rings. The fourth-order valence-electron chi connectivity index (χ4n) is 3.62. The molecule has 1 saturated heterocycles. The third kappa shape index (κ3) is 2.23. The van der Waals surface area contributed by atoms with Gasteiger partial charge in [-0.25, -0.2) is 0 Å². The van der Waals surface area contributed by atoms with Gasteiger partial charge in [-0.05, 0) is 30.4 Å². The van der Waals surface area contributed by atoms with Gasteiger partial charge in [0.25, 0.3) is 0 Å². The molecule has 21 heavy (non-hydrogen) atoms. The van der Waals surface area contributed by atoms with Crippen LogP contribution in [0.4, 0.5) is 0 Å². The maximum absolute atomic E-state index is 12.5. The summed E-state index contributed by atoms with van der Waals surface area (Å²) in [6, 6.07) is 9.26. The van der Waals surface area contributed by atoms with Crippen LogP contribution in [-0.4, -0.2) is 16.7 Å². The molecule has 1 aromatic carbocycles. The van der Waals surface area contributed by atoms with Gasteiger partial charge >= 0.3 is 0 Å². The van der Waals surface area contributed by atoms with E-state index in [4.69, 9.17) is 5.26 Å². The van der Waals surface area contributed by atoms with Crippen molar-refractivity contribution in [3.05, 3.63) is 35.4 Å². The Morgan fingerprint density at radius 2 is 1.81 bits per heavy atom. The SMILES string of the molecule is CCC1CC2C(=O)N(Cc3ccccc3C#N)C(=O)C2C1. The van der Waals surface area contributed by atoms with Crippen molar-refractivity contribution in [2.75, 3.05) is 0 Å². The molecule has 4 nitrogen and oxygen atoms in total. The number of amides is 2. The molecule has 4 heteroatoms. The van der Waals surface area contributed by atoms with Crippen molar-refractivity contribution in [3.8, 4) is 6.07 Å². The standard InChI is InChI=1S/C17H18N2O2/c1-2-11-7-14-15(8-11)17(21)19(16(14)20)10-13-6-4-3-5-12(13)9-18/h3-6,11,14-15H,2,7-8,10H2,1H3. The highest BCUT2D eigenvalue weighted by Crippen LogP contribution is 2.44. The van der Waals surface area contributed by atoms with Crippen LogP contribution < -0.4 is 0 Å². The Kier molecular flexibility index (Phi) is 3.50. The van der Waals surface area contributed by atoms with Crippen LogP contribution in [0.2, 0.25) is 0 Å². The summed E-state index contributed by atoms with van der Waals surface area (Å²) < 4.78 is 0. The zero-order valence-corrected chi connectivity index (χ0v) is 12.1. The quantitative estimate of drug-likeness (QED) is 0.800. The maximum Gasteiger partial charge on any atom is 0.233 e. The Hall–Kier alpha value is -2.15. The van der Waals surface area contributed by atoms with Gasteiger partial charge in [-0.15, -0.1) is 0 Å². The Morgan fingerprint density at radius 1 is 1.19 bits per heavy atom. The van der Waals surface area contributed by atoms with Crippen LogP contribution in [0.5, 0.6) is 0 Å². The summed E-state index contributed by atoms with van der Waals surface area (Å²) in [4.78, 5) is 26.3. The molecule has 1 aliphatic carbocycles. The number of nitriles is 1. The summed E-state index contributed by atoms with van der Waals surface area (Å²) >= 11 is 0. The summed E-state index contributed by atoms with van der Waals surface area (Å²) in [5.74, 6) is 0.150. The van der Waals surface area contributed by atoms with Gasteiger partial charge in [0.1, 0.15) is 0 Å². The normalized spacial score (nSPS) is 27.8. The average Bonchev–Trinajstić information content (AvgIpc) is 3.03. The van der Waals surface area contributed by atoms with Crippen LogP contribution in [0.15, 0.2) is 24.3 Å². The molecule has 0 aromatic heterocycles. The lowest BCUT2D eigenvalue weighted by molar-refractivity contribution is -0.141. The molecule has 1 heterocycles. The second-order valence-electron chi connectivity index (χ2n) is 5.99. The Labute approximate surface area is 124 Å². The zero-order valence-electron chi connectivity index (χ0n) is 12.1. The van der Waals surface area contributed by atoms with Gasteiger partial charge in [-0.3, -0.25) is 14.5 Å². The summed E-state index contributed by atoms with van der Waals surface area (Å²) in [6.07, 6.45) is 2.70. The number of rotatable bonds is 3. The number of hydrogen-bond donors (Lipinski definition) is 0. The molecule has 3 rings (SSSR count). The minimum absolute atomic E-state index is 0.0475. The van der Waals surface area contributed by atoms with E-state index >= 15 is 0 Å². The fourth-order valence-corrected chi connectivity index (χ4v) is 3.62. The van der Waals surface area contributed by atoms with E-state index in [0.717, 1.165) is 24.8 Å². The molecule has 108 valence electrons. The third-order valence-corrected chi connectivity index (χ3v) is 4.87. The largest absolute Gasteiger partial charge is 0.278 e. The topological polar surface area (TPSA) is 61.2 Å². The number of fused-ring (bicyclic) bond motifs is 1.